The van der Waals surface area contributed by atoms with Crippen molar-refractivity contribution in [2.45, 2.75) is 13.5 Å². The summed E-state index contributed by atoms with van der Waals surface area (Å²) in [5.41, 5.74) is 5.59. The first kappa shape index (κ1) is 16.1. The van der Waals surface area contributed by atoms with Gasteiger partial charge in [-0.3, -0.25) is 4.90 Å². The average Bonchev–Trinajstić information content (AvgIpc) is 3.01. The number of benzene rings is 1. The van der Waals surface area contributed by atoms with E-state index in [4.69, 9.17) is 9.72 Å². The molecular formula is C20H24N4O. The molecule has 0 amide bonds. The van der Waals surface area contributed by atoms with Crippen LogP contribution in [0.1, 0.15) is 11.3 Å². The number of rotatable bonds is 4. The minimum Gasteiger partial charge on any atom is -0.496 e. The van der Waals surface area contributed by atoms with E-state index in [2.05, 4.69) is 52.0 Å². The molecule has 1 aromatic carbocycles. The third kappa shape index (κ3) is 3.13. The summed E-state index contributed by atoms with van der Waals surface area (Å²) in [4.78, 5) is 7.42. The molecule has 2 aromatic heterocycles. The van der Waals surface area contributed by atoms with Crippen molar-refractivity contribution in [3.63, 3.8) is 0 Å². The predicted molar refractivity (Wildman–Crippen MR) is 100 cm³/mol. The maximum Gasteiger partial charge on any atom is 0.137 e. The number of nitrogens with zero attached hydrogens (tertiary/aromatic N) is 3. The quantitative estimate of drug-likeness (QED) is 0.795. The maximum atomic E-state index is 5.41. The molecular weight excluding hydrogens is 312 g/mol. The standard InChI is InChI=1S/C20H24N4O/c1-15-13-16(6-7-18(15)25-2)20-17(14-23-11-8-21-9-12-23)24-10-4-3-5-19(24)22-20/h3-7,10,13,21H,8-9,11-12,14H2,1-2H3. The Morgan fingerprint density at radius 3 is 2.76 bits per heavy atom. The van der Waals surface area contributed by atoms with E-state index in [1.807, 2.05) is 12.1 Å². The molecule has 4 rings (SSSR count). The number of aryl methyl sites for hydroxylation is 1. The lowest BCUT2D eigenvalue weighted by atomic mass is 10.1. The lowest BCUT2D eigenvalue weighted by molar-refractivity contribution is 0.230. The molecule has 3 aromatic rings. The highest BCUT2D eigenvalue weighted by molar-refractivity contribution is 5.68. The molecule has 0 atom stereocenters. The van der Waals surface area contributed by atoms with Crippen molar-refractivity contribution in [2.75, 3.05) is 33.3 Å². The lowest BCUT2D eigenvalue weighted by Crippen LogP contribution is -2.43. The van der Waals surface area contributed by atoms with Crippen LogP contribution in [0.3, 0.4) is 0 Å². The molecule has 0 unspecified atom stereocenters. The number of hydrogen-bond acceptors (Lipinski definition) is 4. The molecule has 1 aliphatic rings. The summed E-state index contributed by atoms with van der Waals surface area (Å²) in [5.74, 6) is 0.913. The summed E-state index contributed by atoms with van der Waals surface area (Å²) >= 11 is 0. The summed E-state index contributed by atoms with van der Waals surface area (Å²) < 4.78 is 7.62. The summed E-state index contributed by atoms with van der Waals surface area (Å²) in [6.45, 7) is 7.23. The molecule has 3 heterocycles. The van der Waals surface area contributed by atoms with Gasteiger partial charge in [-0.05, 0) is 42.8 Å². The van der Waals surface area contributed by atoms with Crippen molar-refractivity contribution in [3.05, 3.63) is 53.9 Å². The molecule has 130 valence electrons. The van der Waals surface area contributed by atoms with Gasteiger partial charge in [0.05, 0.1) is 18.5 Å². The third-order valence-corrected chi connectivity index (χ3v) is 4.88. The Morgan fingerprint density at radius 1 is 1.16 bits per heavy atom. The zero-order valence-corrected chi connectivity index (χ0v) is 14.8. The van der Waals surface area contributed by atoms with Gasteiger partial charge in [0.15, 0.2) is 0 Å². The predicted octanol–water partition coefficient (Wildman–Crippen LogP) is 2.72. The van der Waals surface area contributed by atoms with Crippen LogP contribution in [0.25, 0.3) is 16.9 Å². The lowest BCUT2D eigenvalue weighted by Gasteiger charge is -2.27. The minimum atomic E-state index is 0.910. The van der Waals surface area contributed by atoms with Crippen LogP contribution < -0.4 is 10.1 Å². The van der Waals surface area contributed by atoms with Gasteiger partial charge in [-0.2, -0.15) is 0 Å². The molecule has 1 saturated heterocycles. The van der Waals surface area contributed by atoms with Gasteiger partial charge in [0.2, 0.25) is 0 Å². The van der Waals surface area contributed by atoms with Gasteiger partial charge in [0.25, 0.3) is 0 Å². The number of ether oxygens (including phenoxy) is 1. The number of methoxy groups -OCH3 is 1. The van der Waals surface area contributed by atoms with Crippen LogP contribution in [0.5, 0.6) is 5.75 Å². The molecule has 1 fully saturated rings. The number of nitrogens with one attached hydrogen (secondary N) is 1. The smallest absolute Gasteiger partial charge is 0.137 e. The molecule has 5 nitrogen and oxygen atoms in total. The Balaban J connectivity index is 1.79. The second kappa shape index (κ2) is 6.86. The van der Waals surface area contributed by atoms with E-state index in [0.29, 0.717) is 0 Å². The Bertz CT molecular complexity index is 881. The summed E-state index contributed by atoms with van der Waals surface area (Å²) in [6, 6.07) is 12.5. The molecule has 0 radical (unpaired) electrons. The van der Waals surface area contributed by atoms with Crippen LogP contribution in [0.15, 0.2) is 42.6 Å². The number of imidazole rings is 1. The number of piperazine rings is 1. The summed E-state index contributed by atoms with van der Waals surface area (Å²) in [6.07, 6.45) is 2.11. The molecule has 0 spiro atoms. The van der Waals surface area contributed by atoms with Gasteiger partial charge in [-0.25, -0.2) is 4.98 Å². The molecule has 0 bridgehead atoms. The van der Waals surface area contributed by atoms with E-state index < -0.39 is 0 Å². The Morgan fingerprint density at radius 2 is 2.00 bits per heavy atom. The Hall–Kier alpha value is -2.37. The zero-order chi connectivity index (χ0) is 17.2. The van der Waals surface area contributed by atoms with E-state index in [0.717, 1.165) is 60.9 Å². The number of aromatic nitrogens is 2. The molecule has 0 saturated carbocycles. The van der Waals surface area contributed by atoms with Gasteiger partial charge in [0, 0.05) is 44.5 Å². The molecule has 25 heavy (non-hydrogen) atoms. The van der Waals surface area contributed by atoms with Gasteiger partial charge in [0.1, 0.15) is 11.4 Å². The van der Waals surface area contributed by atoms with Crippen LogP contribution in [0, 0.1) is 6.92 Å². The molecule has 1 aliphatic heterocycles. The van der Waals surface area contributed by atoms with E-state index in [9.17, 15) is 0 Å². The topological polar surface area (TPSA) is 41.8 Å². The van der Waals surface area contributed by atoms with Crippen LogP contribution >= 0.6 is 0 Å². The highest BCUT2D eigenvalue weighted by atomic mass is 16.5. The number of pyridine rings is 1. The normalized spacial score (nSPS) is 15.6. The fourth-order valence-electron chi connectivity index (χ4n) is 3.54. The molecule has 0 aliphatic carbocycles. The third-order valence-electron chi connectivity index (χ3n) is 4.88. The molecule has 5 heteroatoms. The summed E-state index contributed by atoms with van der Waals surface area (Å²) in [5, 5.41) is 3.42. The fourth-order valence-corrected chi connectivity index (χ4v) is 3.54. The highest BCUT2D eigenvalue weighted by Gasteiger charge is 2.18. The zero-order valence-electron chi connectivity index (χ0n) is 14.8. The van der Waals surface area contributed by atoms with Crippen molar-refractivity contribution >= 4 is 5.65 Å². The monoisotopic (exact) mass is 336 g/mol. The SMILES string of the molecule is COc1ccc(-c2nc3ccccn3c2CN2CCNCC2)cc1C. The first-order valence-electron chi connectivity index (χ1n) is 8.80. The second-order valence-electron chi connectivity index (χ2n) is 6.55. The average molecular weight is 336 g/mol. The van der Waals surface area contributed by atoms with Gasteiger partial charge in [-0.15, -0.1) is 0 Å². The van der Waals surface area contributed by atoms with Crippen LogP contribution in [-0.4, -0.2) is 47.6 Å². The second-order valence-corrected chi connectivity index (χ2v) is 6.55. The van der Waals surface area contributed by atoms with E-state index in [1.165, 1.54) is 5.69 Å². The Labute approximate surface area is 148 Å². The fraction of sp³-hybridized carbons (Fsp3) is 0.350. The number of fused-ring (bicyclic) bond motifs is 1. The minimum absolute atomic E-state index is 0.910. The van der Waals surface area contributed by atoms with Crippen molar-refractivity contribution in [1.29, 1.82) is 0 Å². The maximum absolute atomic E-state index is 5.41. The van der Waals surface area contributed by atoms with E-state index in [-0.39, 0.29) is 0 Å². The van der Waals surface area contributed by atoms with Crippen molar-refractivity contribution in [3.8, 4) is 17.0 Å². The van der Waals surface area contributed by atoms with Crippen molar-refractivity contribution in [1.82, 2.24) is 19.6 Å². The van der Waals surface area contributed by atoms with Crippen LogP contribution in [-0.2, 0) is 6.54 Å². The molecule has 1 N–H and O–H groups in total. The number of hydrogen-bond donors (Lipinski definition) is 1. The Kier molecular flexibility index (Phi) is 4.42. The largest absolute Gasteiger partial charge is 0.496 e. The van der Waals surface area contributed by atoms with Crippen LogP contribution in [0.4, 0.5) is 0 Å². The van der Waals surface area contributed by atoms with E-state index >= 15 is 0 Å². The first-order valence-corrected chi connectivity index (χ1v) is 8.80. The van der Waals surface area contributed by atoms with Crippen LogP contribution in [0.2, 0.25) is 0 Å². The highest BCUT2D eigenvalue weighted by Crippen LogP contribution is 2.29. The van der Waals surface area contributed by atoms with E-state index in [1.54, 1.807) is 7.11 Å². The van der Waals surface area contributed by atoms with Crippen molar-refractivity contribution < 1.29 is 4.74 Å². The first-order chi connectivity index (χ1) is 12.3. The van der Waals surface area contributed by atoms with Gasteiger partial charge in [-0.1, -0.05) is 6.07 Å². The van der Waals surface area contributed by atoms with Gasteiger partial charge < -0.3 is 14.5 Å². The van der Waals surface area contributed by atoms with Crippen molar-refractivity contribution in [2.24, 2.45) is 0 Å². The van der Waals surface area contributed by atoms with Gasteiger partial charge >= 0.3 is 0 Å². The summed E-state index contributed by atoms with van der Waals surface area (Å²) in [7, 11) is 1.71.